The maximum atomic E-state index is 3.27. The van der Waals surface area contributed by atoms with Crippen molar-refractivity contribution in [2.75, 3.05) is 6.54 Å². The zero-order valence-electron chi connectivity index (χ0n) is 5.04. The summed E-state index contributed by atoms with van der Waals surface area (Å²) < 4.78 is 0. The highest BCUT2D eigenvalue weighted by molar-refractivity contribution is 4.98. The Morgan fingerprint density at radius 3 is 2.00 bits per heavy atom. The molecule has 2 fully saturated rings. The molecule has 1 aliphatic carbocycles. The number of nitrogens with one attached hydrogen (secondary N) is 2. The van der Waals surface area contributed by atoms with E-state index in [1.165, 1.54) is 32.2 Å². The van der Waals surface area contributed by atoms with Gasteiger partial charge in [-0.05, 0) is 12.8 Å². The van der Waals surface area contributed by atoms with Gasteiger partial charge in [-0.1, -0.05) is 12.8 Å². The highest BCUT2D eigenvalue weighted by atomic mass is 15.5. The van der Waals surface area contributed by atoms with Crippen molar-refractivity contribution >= 4 is 0 Å². The molecule has 2 nitrogen and oxygen atoms in total. The molecule has 46 valence electrons. The minimum absolute atomic E-state index is 0.556. The fraction of sp³-hybridized carbons (Fsp3) is 1.00. The van der Waals surface area contributed by atoms with Crippen molar-refractivity contribution in [3.05, 3.63) is 0 Å². The van der Waals surface area contributed by atoms with Crippen LogP contribution in [0.5, 0.6) is 0 Å². The zero-order chi connectivity index (χ0) is 5.45. The molecule has 0 amide bonds. The Balaban J connectivity index is 2.01. The van der Waals surface area contributed by atoms with Gasteiger partial charge < -0.3 is 0 Å². The molecule has 2 heteroatoms. The number of hydrazine groups is 1. The van der Waals surface area contributed by atoms with Crippen LogP contribution in [-0.4, -0.2) is 12.1 Å². The standard InChI is InChI=1S/C6H12N2/c1-2-4-6(3-1)5-7-8-6/h7-8H,1-5H2. The predicted molar refractivity (Wildman–Crippen MR) is 32.3 cm³/mol. The Labute approximate surface area is 49.6 Å². The molecule has 1 heterocycles. The fourth-order valence-corrected chi connectivity index (χ4v) is 1.69. The average molecular weight is 112 g/mol. The molecular formula is C6H12N2. The maximum Gasteiger partial charge on any atom is 0.0461 e. The van der Waals surface area contributed by atoms with E-state index in [2.05, 4.69) is 10.9 Å². The summed E-state index contributed by atoms with van der Waals surface area (Å²) in [5.41, 5.74) is 6.92. The van der Waals surface area contributed by atoms with Gasteiger partial charge in [-0.3, -0.25) is 10.9 Å². The number of hydrogen-bond acceptors (Lipinski definition) is 2. The van der Waals surface area contributed by atoms with Crippen molar-refractivity contribution in [3.8, 4) is 0 Å². The lowest BCUT2D eigenvalue weighted by atomic mass is 9.96. The van der Waals surface area contributed by atoms with Crippen LogP contribution in [0.25, 0.3) is 0 Å². The molecule has 0 atom stereocenters. The monoisotopic (exact) mass is 112 g/mol. The highest BCUT2D eigenvalue weighted by Gasteiger charge is 2.38. The van der Waals surface area contributed by atoms with E-state index in [4.69, 9.17) is 0 Å². The van der Waals surface area contributed by atoms with Gasteiger partial charge in [-0.2, -0.15) is 0 Å². The number of hydrogen-bond donors (Lipinski definition) is 2. The molecule has 0 aromatic heterocycles. The molecule has 0 aromatic rings. The first-order valence-electron chi connectivity index (χ1n) is 3.41. The predicted octanol–water partition coefficient (Wildman–Crippen LogP) is 0.407. The molecule has 1 spiro atoms. The van der Waals surface area contributed by atoms with Crippen LogP contribution in [0.4, 0.5) is 0 Å². The Kier molecular flexibility index (Phi) is 0.866. The lowest BCUT2D eigenvalue weighted by Crippen LogP contribution is -2.68. The van der Waals surface area contributed by atoms with Gasteiger partial charge in [0.2, 0.25) is 0 Å². The van der Waals surface area contributed by atoms with Crippen molar-refractivity contribution in [1.29, 1.82) is 0 Å². The minimum Gasteiger partial charge on any atom is -0.255 e. The largest absolute Gasteiger partial charge is 0.255 e. The van der Waals surface area contributed by atoms with Crippen molar-refractivity contribution in [3.63, 3.8) is 0 Å². The van der Waals surface area contributed by atoms with Crippen LogP contribution < -0.4 is 10.9 Å². The topological polar surface area (TPSA) is 24.1 Å². The smallest absolute Gasteiger partial charge is 0.0461 e. The second kappa shape index (κ2) is 1.45. The van der Waals surface area contributed by atoms with Gasteiger partial charge in [0.15, 0.2) is 0 Å². The first-order valence-corrected chi connectivity index (χ1v) is 3.41. The second-order valence-corrected chi connectivity index (χ2v) is 2.97. The van der Waals surface area contributed by atoms with Crippen LogP contribution in [0.3, 0.4) is 0 Å². The summed E-state index contributed by atoms with van der Waals surface area (Å²) in [4.78, 5) is 0. The normalized spacial score (nSPS) is 33.0. The summed E-state index contributed by atoms with van der Waals surface area (Å²) in [6.07, 6.45) is 5.63. The zero-order valence-corrected chi connectivity index (χ0v) is 5.04. The third kappa shape index (κ3) is 0.501. The van der Waals surface area contributed by atoms with E-state index in [9.17, 15) is 0 Å². The van der Waals surface area contributed by atoms with Gasteiger partial charge in [0.05, 0.1) is 0 Å². The van der Waals surface area contributed by atoms with Gasteiger partial charge in [0.1, 0.15) is 0 Å². The minimum atomic E-state index is 0.556. The average Bonchev–Trinajstić information content (AvgIpc) is 2.07. The molecule has 0 unspecified atom stereocenters. The van der Waals surface area contributed by atoms with Gasteiger partial charge >= 0.3 is 0 Å². The Hall–Kier alpha value is -0.0800. The van der Waals surface area contributed by atoms with Gasteiger partial charge in [-0.15, -0.1) is 0 Å². The van der Waals surface area contributed by atoms with E-state index in [-0.39, 0.29) is 0 Å². The van der Waals surface area contributed by atoms with E-state index in [0.717, 1.165) is 0 Å². The summed E-state index contributed by atoms with van der Waals surface area (Å²) in [5.74, 6) is 0. The maximum absolute atomic E-state index is 3.27. The van der Waals surface area contributed by atoms with Crippen LogP contribution in [0.15, 0.2) is 0 Å². The van der Waals surface area contributed by atoms with Gasteiger partial charge in [-0.25, -0.2) is 0 Å². The highest BCUT2D eigenvalue weighted by Crippen LogP contribution is 2.31. The molecule has 2 rings (SSSR count). The van der Waals surface area contributed by atoms with Crippen molar-refractivity contribution in [2.45, 2.75) is 31.2 Å². The third-order valence-electron chi connectivity index (χ3n) is 2.34. The van der Waals surface area contributed by atoms with Crippen molar-refractivity contribution in [1.82, 2.24) is 10.9 Å². The summed E-state index contributed by atoms with van der Waals surface area (Å²) >= 11 is 0. The van der Waals surface area contributed by atoms with Crippen LogP contribution in [0.2, 0.25) is 0 Å². The molecule has 2 aliphatic rings. The molecule has 1 saturated heterocycles. The fourth-order valence-electron chi connectivity index (χ4n) is 1.69. The summed E-state index contributed by atoms with van der Waals surface area (Å²) in [6.45, 7) is 1.20. The molecule has 0 aromatic carbocycles. The van der Waals surface area contributed by atoms with E-state index in [1.54, 1.807) is 0 Å². The Bertz CT molecular complexity index is 88.7. The summed E-state index contributed by atoms with van der Waals surface area (Å²) in [7, 11) is 0. The summed E-state index contributed by atoms with van der Waals surface area (Å²) in [6, 6.07) is 0. The summed E-state index contributed by atoms with van der Waals surface area (Å²) in [5, 5.41) is 0. The second-order valence-electron chi connectivity index (χ2n) is 2.97. The molecule has 0 radical (unpaired) electrons. The molecule has 2 N–H and O–H groups in total. The van der Waals surface area contributed by atoms with Crippen LogP contribution in [0.1, 0.15) is 25.7 Å². The third-order valence-corrected chi connectivity index (χ3v) is 2.34. The van der Waals surface area contributed by atoms with E-state index in [1.807, 2.05) is 0 Å². The van der Waals surface area contributed by atoms with Gasteiger partial charge in [0.25, 0.3) is 0 Å². The van der Waals surface area contributed by atoms with E-state index < -0.39 is 0 Å². The van der Waals surface area contributed by atoms with Crippen LogP contribution in [0, 0.1) is 0 Å². The molecular weight excluding hydrogens is 100 g/mol. The van der Waals surface area contributed by atoms with E-state index in [0.29, 0.717) is 5.54 Å². The number of rotatable bonds is 0. The van der Waals surface area contributed by atoms with Crippen LogP contribution in [-0.2, 0) is 0 Å². The SMILES string of the molecule is C1CCC2(C1)CNN2. The Morgan fingerprint density at radius 1 is 1.12 bits per heavy atom. The quantitative estimate of drug-likeness (QED) is 0.474. The van der Waals surface area contributed by atoms with Crippen LogP contribution >= 0.6 is 0 Å². The van der Waals surface area contributed by atoms with Crippen molar-refractivity contribution < 1.29 is 0 Å². The van der Waals surface area contributed by atoms with Crippen molar-refractivity contribution in [2.24, 2.45) is 0 Å². The molecule has 1 aliphatic heterocycles. The lowest BCUT2D eigenvalue weighted by Gasteiger charge is -2.40. The first-order chi connectivity index (χ1) is 3.91. The lowest BCUT2D eigenvalue weighted by molar-refractivity contribution is 0.168. The first kappa shape index (κ1) is 4.77. The van der Waals surface area contributed by atoms with E-state index >= 15 is 0 Å². The molecule has 8 heavy (non-hydrogen) atoms. The Morgan fingerprint density at radius 2 is 1.75 bits per heavy atom. The molecule has 1 saturated carbocycles. The molecule has 0 bridgehead atoms. The van der Waals surface area contributed by atoms with Gasteiger partial charge in [0, 0.05) is 12.1 Å².